The number of rotatable bonds is 20. The van der Waals surface area contributed by atoms with Crippen molar-refractivity contribution in [2.45, 2.75) is 102 Å². The Morgan fingerprint density at radius 3 is 2.02 bits per heavy atom. The monoisotopic (exact) mass is 796 g/mol. The number of carbonyl (C=O) groups is 3. The van der Waals surface area contributed by atoms with Crippen molar-refractivity contribution in [2.24, 2.45) is 5.73 Å². The van der Waals surface area contributed by atoms with Crippen LogP contribution in [0.1, 0.15) is 68.7 Å². The van der Waals surface area contributed by atoms with E-state index in [0.29, 0.717) is 36.5 Å². The fourth-order valence-corrected chi connectivity index (χ4v) is 8.27. The van der Waals surface area contributed by atoms with Gasteiger partial charge in [0.15, 0.2) is 9.84 Å². The Kier molecular flexibility index (Phi) is 17.1. The van der Waals surface area contributed by atoms with Crippen molar-refractivity contribution in [3.8, 4) is 0 Å². The highest BCUT2D eigenvalue weighted by molar-refractivity contribution is 7.92. The number of urea groups is 1. The number of halogens is 5. The number of ether oxygens (including phenoxy) is 1. The van der Waals surface area contributed by atoms with Gasteiger partial charge in [0.1, 0.15) is 23.8 Å². The van der Waals surface area contributed by atoms with Crippen LogP contribution >= 0.6 is 0 Å². The Bertz CT molecular complexity index is 1800. The zero-order valence-electron chi connectivity index (χ0n) is 31.1. The second-order valence-corrected chi connectivity index (χ2v) is 15.7. The van der Waals surface area contributed by atoms with Crippen molar-refractivity contribution in [1.82, 2.24) is 15.5 Å². The molecule has 302 valence electrons. The van der Waals surface area contributed by atoms with Gasteiger partial charge in [0.2, 0.25) is 5.91 Å². The van der Waals surface area contributed by atoms with Gasteiger partial charge in [0.05, 0.1) is 17.5 Å². The molecular weight excluding hydrogens is 748 g/mol. The van der Waals surface area contributed by atoms with E-state index in [9.17, 15) is 44.8 Å². The molecule has 16 heteroatoms. The lowest BCUT2D eigenvalue weighted by Gasteiger charge is -2.33. The first kappa shape index (κ1) is 44.8. The topological polar surface area (TPSA) is 148 Å². The van der Waals surface area contributed by atoms with Crippen molar-refractivity contribution in [3.05, 3.63) is 107 Å². The van der Waals surface area contributed by atoms with Crippen LogP contribution in [0.3, 0.4) is 0 Å². The van der Waals surface area contributed by atoms with Gasteiger partial charge in [0.25, 0.3) is 0 Å². The second kappa shape index (κ2) is 20.9. The Balaban J connectivity index is 2.09. The van der Waals surface area contributed by atoms with E-state index in [2.05, 4.69) is 10.6 Å². The van der Waals surface area contributed by atoms with Gasteiger partial charge in [-0.15, -0.1) is 0 Å². The number of sulfone groups is 1. The summed E-state index contributed by atoms with van der Waals surface area (Å²) >= 11 is 0. The van der Waals surface area contributed by atoms with Crippen LogP contribution in [0.15, 0.2) is 72.8 Å². The number of alkyl halides is 3. The largest absolute Gasteiger partial charge is 0.490 e. The normalized spacial score (nSPS) is 13.5. The fourth-order valence-electron chi connectivity index (χ4n) is 6.11. The molecule has 3 amide bonds. The van der Waals surface area contributed by atoms with E-state index < -0.39 is 87.7 Å². The van der Waals surface area contributed by atoms with Gasteiger partial charge in [0, 0.05) is 25.2 Å². The molecule has 0 saturated carbocycles. The van der Waals surface area contributed by atoms with Crippen molar-refractivity contribution in [3.63, 3.8) is 0 Å². The Morgan fingerprint density at radius 1 is 0.836 bits per heavy atom. The molecule has 0 aromatic heterocycles. The molecule has 0 aliphatic heterocycles. The summed E-state index contributed by atoms with van der Waals surface area (Å²) in [5.74, 6) is -6.45. The van der Waals surface area contributed by atoms with Gasteiger partial charge < -0.3 is 26.0 Å². The maximum absolute atomic E-state index is 14.6. The van der Waals surface area contributed by atoms with Crippen LogP contribution in [0, 0.1) is 11.6 Å². The van der Waals surface area contributed by atoms with Crippen LogP contribution < -0.4 is 16.4 Å². The summed E-state index contributed by atoms with van der Waals surface area (Å²) in [5, 5.41) is 4.22. The SMILES string of the molecule is CCCC(CCC)S(=O)(=O)C[C@H](NC(=O)NCc1ccccc1)C(=O)N(Cc1cccc(CC)c1)C[C@@H](OC(=O)C(F)(F)F)[C@@H](N)Cc1cc(F)cc(F)c1. The van der Waals surface area contributed by atoms with Crippen LogP contribution in [-0.4, -0.2) is 73.1 Å². The number of benzene rings is 3. The second-order valence-electron chi connectivity index (χ2n) is 13.4. The van der Waals surface area contributed by atoms with Crippen LogP contribution in [-0.2, 0) is 50.1 Å². The van der Waals surface area contributed by atoms with Gasteiger partial charge in [-0.2, -0.15) is 13.2 Å². The van der Waals surface area contributed by atoms with E-state index in [1.807, 2.05) is 26.8 Å². The summed E-state index contributed by atoms with van der Waals surface area (Å²) in [4.78, 5) is 41.1. The molecule has 3 atom stereocenters. The van der Waals surface area contributed by atoms with Gasteiger partial charge >= 0.3 is 18.2 Å². The number of carbonyl (C=O) groups excluding carboxylic acids is 3. The molecule has 0 saturated heterocycles. The molecular formula is C39H49F5N4O6S. The molecule has 0 spiro atoms. The molecule has 55 heavy (non-hydrogen) atoms. The molecule has 3 aromatic carbocycles. The average Bonchev–Trinajstić information content (AvgIpc) is 3.12. The molecule has 0 fully saturated rings. The van der Waals surface area contributed by atoms with Gasteiger partial charge in [-0.1, -0.05) is 88.2 Å². The third kappa shape index (κ3) is 14.5. The maximum atomic E-state index is 14.6. The van der Waals surface area contributed by atoms with E-state index in [-0.39, 0.29) is 31.5 Å². The van der Waals surface area contributed by atoms with E-state index >= 15 is 0 Å². The summed E-state index contributed by atoms with van der Waals surface area (Å²) in [7, 11) is -4.07. The molecule has 0 unspecified atom stereocenters. The minimum Gasteiger partial charge on any atom is -0.452 e. The summed E-state index contributed by atoms with van der Waals surface area (Å²) in [6.07, 6.45) is -5.68. The molecule has 0 aliphatic rings. The van der Waals surface area contributed by atoms with Crippen molar-refractivity contribution in [2.75, 3.05) is 12.3 Å². The zero-order valence-corrected chi connectivity index (χ0v) is 31.9. The lowest BCUT2D eigenvalue weighted by Crippen LogP contribution is -2.57. The molecule has 0 heterocycles. The first-order chi connectivity index (χ1) is 25.9. The number of amides is 3. The Hall–Kier alpha value is -4.57. The van der Waals surface area contributed by atoms with Crippen molar-refractivity contribution in [1.29, 1.82) is 0 Å². The summed E-state index contributed by atoms with van der Waals surface area (Å²) in [5.41, 5.74) is 8.26. The maximum Gasteiger partial charge on any atom is 0.490 e. The molecule has 3 aromatic rings. The third-order valence-electron chi connectivity index (χ3n) is 8.87. The van der Waals surface area contributed by atoms with Crippen LogP contribution in [0.2, 0.25) is 0 Å². The lowest BCUT2D eigenvalue weighted by atomic mass is 10.0. The lowest BCUT2D eigenvalue weighted by molar-refractivity contribution is -0.206. The highest BCUT2D eigenvalue weighted by atomic mass is 32.2. The molecule has 3 rings (SSSR count). The smallest absolute Gasteiger partial charge is 0.452 e. The van der Waals surface area contributed by atoms with Crippen molar-refractivity contribution >= 4 is 27.7 Å². The highest BCUT2D eigenvalue weighted by Gasteiger charge is 2.44. The molecule has 10 nitrogen and oxygen atoms in total. The highest BCUT2D eigenvalue weighted by Crippen LogP contribution is 2.23. The van der Waals surface area contributed by atoms with Crippen LogP contribution in [0.5, 0.6) is 0 Å². The van der Waals surface area contributed by atoms with E-state index in [1.54, 1.807) is 48.5 Å². The van der Waals surface area contributed by atoms with Crippen LogP contribution in [0.25, 0.3) is 0 Å². The summed E-state index contributed by atoms with van der Waals surface area (Å²) < 4.78 is 101. The molecule has 4 N–H and O–H groups in total. The summed E-state index contributed by atoms with van der Waals surface area (Å²) in [6.45, 7) is 4.38. The van der Waals surface area contributed by atoms with Crippen molar-refractivity contribution < 1.29 is 49.5 Å². The number of esters is 1. The summed E-state index contributed by atoms with van der Waals surface area (Å²) in [6, 6.07) is 13.8. The molecule has 0 aliphatic carbocycles. The fraction of sp³-hybridized carbons (Fsp3) is 0.462. The minimum absolute atomic E-state index is 0.0210. The predicted molar refractivity (Wildman–Crippen MR) is 198 cm³/mol. The van der Waals surface area contributed by atoms with E-state index in [1.165, 1.54) is 0 Å². The molecule has 0 radical (unpaired) electrons. The quantitative estimate of drug-likeness (QED) is 0.0918. The third-order valence-corrected chi connectivity index (χ3v) is 11.2. The van der Waals surface area contributed by atoms with Gasteiger partial charge in [-0.05, 0) is 60.1 Å². The zero-order chi connectivity index (χ0) is 40.8. The number of aryl methyl sites for hydroxylation is 1. The minimum atomic E-state index is -5.48. The number of nitrogens with zero attached hydrogens (tertiary/aromatic N) is 1. The first-order valence-electron chi connectivity index (χ1n) is 18.1. The first-order valence-corrected chi connectivity index (χ1v) is 19.8. The van der Waals surface area contributed by atoms with Gasteiger partial charge in [-0.3, -0.25) is 4.79 Å². The Morgan fingerprint density at radius 2 is 1.44 bits per heavy atom. The standard InChI is InChI=1S/C39H49F5N4O6S/c1-4-11-32(12-5-2)55(52,53)25-34(47-38(51)46-22-27-13-8-7-9-14-27)36(49)48(23-28-16-10-15-26(6-3)17-28)24-35(54-37(50)39(42,43)44)33(45)20-29-18-30(40)21-31(41)19-29/h7-10,13-19,21,32-35H,4-6,11-12,20,22-25,45H2,1-3H3,(H2,46,47,51)/t33-,34-,35+/m0/s1. The van der Waals surface area contributed by atoms with Gasteiger partial charge in [-0.25, -0.2) is 26.8 Å². The van der Waals surface area contributed by atoms with E-state index in [0.717, 1.165) is 22.6 Å². The predicted octanol–water partition coefficient (Wildman–Crippen LogP) is 6.15. The van der Waals surface area contributed by atoms with E-state index in [4.69, 9.17) is 10.5 Å². The number of hydrogen-bond donors (Lipinski definition) is 3. The Labute approximate surface area is 318 Å². The number of hydrogen-bond acceptors (Lipinski definition) is 7. The van der Waals surface area contributed by atoms with Crippen LogP contribution in [0.4, 0.5) is 26.7 Å². The number of nitrogens with two attached hydrogens (primary N) is 1. The number of nitrogens with one attached hydrogen (secondary N) is 2. The molecule has 0 bridgehead atoms. The average molecular weight is 797 g/mol.